The Hall–Kier alpha value is -3.70. The minimum absolute atomic E-state index is 0. The Balaban J connectivity index is 0.00000264. The fraction of sp³-hybridized carbons (Fsp3) is 0.231. The topological polar surface area (TPSA) is 18.5 Å². The zero-order valence-corrected chi connectivity index (χ0v) is 40.9. The molecular formula is C52H54Cl2O2Si2Zr. The third-order valence-electron chi connectivity index (χ3n) is 13.1. The first-order chi connectivity index (χ1) is 27.5. The molecule has 0 spiro atoms. The molecule has 0 saturated carbocycles. The molecule has 3 aliphatic rings. The van der Waals surface area contributed by atoms with Crippen molar-refractivity contribution < 1.29 is 53.9 Å². The van der Waals surface area contributed by atoms with Crippen LogP contribution in [0.4, 0.5) is 0 Å². The zero-order valence-electron chi connectivity index (χ0n) is 35.0. The number of benzene rings is 6. The van der Waals surface area contributed by atoms with Gasteiger partial charge in [0.15, 0.2) is 0 Å². The van der Waals surface area contributed by atoms with E-state index in [2.05, 4.69) is 224 Å². The predicted octanol–water partition coefficient (Wildman–Crippen LogP) is 5.34. The summed E-state index contributed by atoms with van der Waals surface area (Å²) >= 11 is -3.38. The van der Waals surface area contributed by atoms with Crippen LogP contribution >= 0.6 is 0 Å². The zero-order chi connectivity index (χ0) is 39.5. The van der Waals surface area contributed by atoms with Crippen LogP contribution < -0.4 is 45.6 Å². The number of fused-ring (bicyclic) bond motifs is 2. The first kappa shape index (κ1) is 43.4. The van der Waals surface area contributed by atoms with Crippen LogP contribution in [0, 0.1) is 0 Å². The summed E-state index contributed by atoms with van der Waals surface area (Å²) in [5.74, 6) is 2.40. The van der Waals surface area contributed by atoms with Crippen molar-refractivity contribution in [3.05, 3.63) is 204 Å². The summed E-state index contributed by atoms with van der Waals surface area (Å²) in [6, 6.07) is 63.1. The number of allylic oxidation sites excluding steroid dienone is 2. The van der Waals surface area contributed by atoms with Crippen LogP contribution in [-0.2, 0) is 29.1 Å². The summed E-state index contributed by atoms with van der Waals surface area (Å²) in [6.45, 7) is 14.4. The smallest absolute Gasteiger partial charge is 1.00 e. The van der Waals surface area contributed by atoms with Gasteiger partial charge in [0, 0.05) is 0 Å². The Morgan fingerprint density at radius 2 is 0.678 bits per heavy atom. The van der Waals surface area contributed by atoms with Crippen molar-refractivity contribution in [1.29, 1.82) is 0 Å². The normalized spacial score (nSPS) is 17.4. The molecule has 0 radical (unpaired) electrons. The molecular weight excluding hydrogens is 875 g/mol. The number of hydrogen-bond acceptors (Lipinski definition) is 2. The second kappa shape index (κ2) is 16.6. The van der Waals surface area contributed by atoms with E-state index in [-0.39, 0.29) is 42.1 Å². The van der Waals surface area contributed by atoms with Gasteiger partial charge in [0.25, 0.3) is 0 Å². The van der Waals surface area contributed by atoms with E-state index in [1.54, 1.807) is 0 Å². The van der Waals surface area contributed by atoms with Crippen LogP contribution in [0.3, 0.4) is 0 Å². The summed E-state index contributed by atoms with van der Waals surface area (Å²) in [4.78, 5) is 0. The largest absolute Gasteiger partial charge is 1.00 e. The molecule has 6 aromatic rings. The minimum atomic E-state index is -3.38. The first-order valence-corrected chi connectivity index (χ1v) is 30.8. The van der Waals surface area contributed by atoms with E-state index in [9.17, 15) is 0 Å². The Bertz CT molecular complexity index is 2210. The second-order valence-electron chi connectivity index (χ2n) is 18.5. The Morgan fingerprint density at radius 1 is 0.407 bits per heavy atom. The third kappa shape index (κ3) is 7.23. The molecule has 2 aliphatic carbocycles. The third-order valence-corrected chi connectivity index (χ3v) is 35.7. The molecule has 59 heavy (non-hydrogen) atoms. The summed E-state index contributed by atoms with van der Waals surface area (Å²) in [7, 11) is -5.80. The van der Waals surface area contributed by atoms with Crippen molar-refractivity contribution in [3.63, 3.8) is 0 Å². The summed E-state index contributed by atoms with van der Waals surface area (Å²) in [5, 5.41) is 5.00. The van der Waals surface area contributed by atoms with Gasteiger partial charge in [-0.2, -0.15) is 0 Å². The van der Waals surface area contributed by atoms with Gasteiger partial charge in [-0.15, -0.1) is 0 Å². The molecule has 7 heteroatoms. The average molecular weight is 929 g/mol. The van der Waals surface area contributed by atoms with Gasteiger partial charge in [0.05, 0.1) is 0 Å². The van der Waals surface area contributed by atoms with Gasteiger partial charge in [-0.3, -0.25) is 0 Å². The van der Waals surface area contributed by atoms with Crippen molar-refractivity contribution >= 4 is 49.5 Å². The van der Waals surface area contributed by atoms with Gasteiger partial charge >= 0.3 is 349 Å². The maximum absolute atomic E-state index is 8.13. The Morgan fingerprint density at radius 3 is 0.949 bits per heavy atom. The van der Waals surface area contributed by atoms with E-state index in [0.29, 0.717) is 0 Å². The van der Waals surface area contributed by atoms with E-state index < -0.39 is 36.9 Å². The van der Waals surface area contributed by atoms with Crippen LogP contribution in [0.2, 0.25) is 18.3 Å². The van der Waals surface area contributed by atoms with Crippen LogP contribution in [0.25, 0.3) is 12.2 Å². The summed E-state index contributed by atoms with van der Waals surface area (Å²) in [5.41, 5.74) is 5.58. The fourth-order valence-corrected chi connectivity index (χ4v) is 36.4. The standard InChI is InChI=1S/2C25H25OSi.C2H4.2ClH.Zr/c2*1-25(2,3)27(23-14-6-4-7-15-23,24-16-8-5-9-17-24)26-22-18-20-12-10-11-13-21(20)19-22;1-2;;;/h2*4-19H,1-3H3;1-2H2;2*1H;/q;;;;;+2/p-2. The molecule has 0 N–H and O–H groups in total. The second-order valence-corrected chi connectivity index (χ2v) is 38.3. The first-order valence-electron chi connectivity index (χ1n) is 20.7. The molecule has 1 saturated heterocycles. The molecule has 6 aromatic carbocycles. The van der Waals surface area contributed by atoms with E-state index in [4.69, 9.17) is 8.85 Å². The molecule has 1 aliphatic heterocycles. The van der Waals surface area contributed by atoms with E-state index in [1.807, 2.05) is 0 Å². The van der Waals surface area contributed by atoms with Gasteiger partial charge in [0.1, 0.15) is 0 Å². The van der Waals surface area contributed by atoms with Crippen LogP contribution in [0.5, 0.6) is 0 Å². The van der Waals surface area contributed by atoms with Crippen LogP contribution in [0.15, 0.2) is 181 Å². The Labute approximate surface area is 371 Å². The molecule has 2 unspecified atom stereocenters. The van der Waals surface area contributed by atoms with Gasteiger partial charge in [-0.05, 0) is 0 Å². The molecule has 0 bridgehead atoms. The van der Waals surface area contributed by atoms with Crippen molar-refractivity contribution in [2.45, 2.75) is 67.1 Å². The van der Waals surface area contributed by atoms with E-state index >= 15 is 0 Å². The van der Waals surface area contributed by atoms with Crippen molar-refractivity contribution in [2.24, 2.45) is 0 Å². The number of rotatable bonds is 10. The van der Waals surface area contributed by atoms with Crippen LogP contribution in [-0.4, -0.2) is 16.6 Å². The Kier molecular flexibility index (Phi) is 12.2. The molecule has 300 valence electrons. The number of halogens is 2. The molecule has 0 aromatic heterocycles. The van der Waals surface area contributed by atoms with Gasteiger partial charge in [0.2, 0.25) is 0 Å². The summed E-state index contributed by atoms with van der Waals surface area (Å²) in [6.07, 6.45) is 4.90. The predicted molar refractivity (Wildman–Crippen MR) is 241 cm³/mol. The number of hydrogen-bond donors (Lipinski definition) is 0. The maximum atomic E-state index is 8.13. The van der Waals surface area contributed by atoms with Gasteiger partial charge in [-0.1, -0.05) is 0 Å². The fourth-order valence-electron chi connectivity index (χ4n) is 10.5. The molecule has 2 nitrogen and oxygen atoms in total. The van der Waals surface area contributed by atoms with Crippen molar-refractivity contribution in [2.75, 3.05) is 0 Å². The molecule has 1 heterocycles. The van der Waals surface area contributed by atoms with Crippen LogP contribution in [0.1, 0.15) is 71.0 Å². The van der Waals surface area contributed by atoms with Gasteiger partial charge < -0.3 is 24.8 Å². The van der Waals surface area contributed by atoms with Crippen molar-refractivity contribution in [3.8, 4) is 0 Å². The monoisotopic (exact) mass is 926 g/mol. The molecule has 0 amide bonds. The molecule has 9 rings (SSSR count). The van der Waals surface area contributed by atoms with Gasteiger partial charge in [-0.25, -0.2) is 0 Å². The van der Waals surface area contributed by atoms with Crippen molar-refractivity contribution in [1.82, 2.24) is 0 Å². The SMILES string of the molecule is CC(C)(C)[Si](OC1=Cc2ccccc2[CH]1[Zr+2]1([CH]2C(O[Si](c3ccccc3)(c3ccccc3)C(C)(C)C)=Cc3ccccc32)[CH2][CH2]1)(c1ccccc1)c1ccccc1.[Cl-].[Cl-]. The minimum Gasteiger partial charge on any atom is -1.00 e. The maximum Gasteiger partial charge on any atom is -1.00 e. The van der Waals surface area contributed by atoms with E-state index in [1.165, 1.54) is 62.8 Å². The van der Waals surface area contributed by atoms with E-state index in [0.717, 1.165) is 0 Å². The summed E-state index contributed by atoms with van der Waals surface area (Å²) < 4.78 is 19.4. The molecule has 2 atom stereocenters. The quantitative estimate of drug-likeness (QED) is 0.173. The molecule has 1 fully saturated rings. The average Bonchev–Trinajstić information content (AvgIpc) is 3.78.